The fourth-order valence-corrected chi connectivity index (χ4v) is 1.94. The Morgan fingerprint density at radius 2 is 2.12 bits per heavy atom. The lowest BCUT2D eigenvalue weighted by atomic mass is 10.1. The van der Waals surface area contributed by atoms with Gasteiger partial charge in [0, 0.05) is 13.0 Å². The Morgan fingerprint density at radius 3 is 2.88 bits per heavy atom. The summed E-state index contributed by atoms with van der Waals surface area (Å²) in [5.74, 6) is 2.17. The number of ether oxygens (including phenoxy) is 3. The molecule has 94 valence electrons. The Morgan fingerprint density at radius 1 is 1.29 bits per heavy atom. The fraction of sp³-hybridized carbons (Fsp3) is 0.538. The van der Waals surface area contributed by atoms with E-state index in [0.717, 1.165) is 36.3 Å². The smallest absolute Gasteiger partial charge is 0.203 e. The molecule has 0 amide bonds. The molecule has 0 aromatic heterocycles. The van der Waals surface area contributed by atoms with E-state index >= 15 is 0 Å². The maximum absolute atomic E-state index is 8.88. The van der Waals surface area contributed by atoms with Gasteiger partial charge in [-0.25, -0.2) is 0 Å². The second-order valence-corrected chi connectivity index (χ2v) is 3.96. The first kappa shape index (κ1) is 12.0. The molecule has 1 heterocycles. The summed E-state index contributed by atoms with van der Waals surface area (Å²) in [6.45, 7) is 1.50. The van der Waals surface area contributed by atoms with Crippen LogP contribution in [-0.2, 0) is 6.42 Å². The SMILES string of the molecule is COc1c(CCCO)ccc2c1OCCCO2. The van der Waals surface area contributed by atoms with E-state index in [1.165, 1.54) is 0 Å². The van der Waals surface area contributed by atoms with E-state index in [-0.39, 0.29) is 6.61 Å². The summed E-state index contributed by atoms with van der Waals surface area (Å²) in [4.78, 5) is 0. The number of aliphatic hydroxyl groups excluding tert-OH is 1. The van der Waals surface area contributed by atoms with Crippen molar-refractivity contribution in [3.63, 3.8) is 0 Å². The van der Waals surface area contributed by atoms with Crippen molar-refractivity contribution in [1.82, 2.24) is 0 Å². The molecular weight excluding hydrogens is 220 g/mol. The van der Waals surface area contributed by atoms with Crippen LogP contribution in [0.15, 0.2) is 12.1 Å². The zero-order valence-electron chi connectivity index (χ0n) is 10.1. The molecule has 0 fully saturated rings. The first-order valence-corrected chi connectivity index (χ1v) is 5.93. The van der Waals surface area contributed by atoms with Crippen molar-refractivity contribution in [2.75, 3.05) is 26.9 Å². The predicted octanol–water partition coefficient (Wildman–Crippen LogP) is 1.78. The van der Waals surface area contributed by atoms with Crippen LogP contribution in [-0.4, -0.2) is 32.0 Å². The van der Waals surface area contributed by atoms with Crippen molar-refractivity contribution in [1.29, 1.82) is 0 Å². The van der Waals surface area contributed by atoms with Crippen LogP contribution in [0.3, 0.4) is 0 Å². The second-order valence-electron chi connectivity index (χ2n) is 3.96. The number of fused-ring (bicyclic) bond motifs is 1. The largest absolute Gasteiger partial charge is 0.492 e. The molecule has 4 nitrogen and oxygen atoms in total. The molecule has 0 bridgehead atoms. The third-order valence-electron chi connectivity index (χ3n) is 2.76. The molecular formula is C13H18O4. The average molecular weight is 238 g/mol. The lowest BCUT2D eigenvalue weighted by molar-refractivity contribution is 0.283. The highest BCUT2D eigenvalue weighted by Crippen LogP contribution is 2.41. The molecule has 2 rings (SSSR count). The van der Waals surface area contributed by atoms with Crippen LogP contribution in [0.25, 0.3) is 0 Å². The minimum atomic E-state index is 0.178. The Bertz CT molecular complexity index is 376. The van der Waals surface area contributed by atoms with E-state index < -0.39 is 0 Å². The Balaban J connectivity index is 2.32. The molecule has 1 aromatic carbocycles. The third-order valence-corrected chi connectivity index (χ3v) is 2.76. The van der Waals surface area contributed by atoms with Gasteiger partial charge in [0.15, 0.2) is 11.5 Å². The molecule has 0 unspecified atom stereocenters. The normalized spacial score (nSPS) is 14.2. The molecule has 0 spiro atoms. The molecule has 1 aliphatic rings. The minimum absolute atomic E-state index is 0.178. The van der Waals surface area contributed by atoms with E-state index in [4.69, 9.17) is 19.3 Å². The topological polar surface area (TPSA) is 47.9 Å². The second kappa shape index (κ2) is 5.77. The summed E-state index contributed by atoms with van der Waals surface area (Å²) < 4.78 is 16.7. The monoisotopic (exact) mass is 238 g/mol. The maximum atomic E-state index is 8.88. The molecule has 0 radical (unpaired) electrons. The quantitative estimate of drug-likeness (QED) is 0.868. The third kappa shape index (κ3) is 2.64. The molecule has 1 aliphatic heterocycles. The summed E-state index contributed by atoms with van der Waals surface area (Å²) >= 11 is 0. The van der Waals surface area contributed by atoms with Gasteiger partial charge in [-0.15, -0.1) is 0 Å². The van der Waals surface area contributed by atoms with Crippen LogP contribution >= 0.6 is 0 Å². The van der Waals surface area contributed by atoms with Crippen molar-refractivity contribution < 1.29 is 19.3 Å². The molecule has 1 aromatic rings. The van der Waals surface area contributed by atoms with Gasteiger partial charge in [0.25, 0.3) is 0 Å². The van der Waals surface area contributed by atoms with Crippen LogP contribution in [0.1, 0.15) is 18.4 Å². The number of rotatable bonds is 4. The molecule has 0 saturated carbocycles. The number of aryl methyl sites for hydroxylation is 1. The summed E-state index contributed by atoms with van der Waals surface area (Å²) in [6, 6.07) is 3.89. The van der Waals surface area contributed by atoms with Crippen LogP contribution < -0.4 is 14.2 Å². The number of methoxy groups -OCH3 is 1. The van der Waals surface area contributed by atoms with E-state index in [9.17, 15) is 0 Å². The maximum Gasteiger partial charge on any atom is 0.203 e. The minimum Gasteiger partial charge on any atom is -0.492 e. The lowest BCUT2D eigenvalue weighted by Gasteiger charge is -2.15. The number of benzene rings is 1. The van der Waals surface area contributed by atoms with Gasteiger partial charge >= 0.3 is 0 Å². The number of hydrogen-bond acceptors (Lipinski definition) is 4. The lowest BCUT2D eigenvalue weighted by Crippen LogP contribution is -2.00. The summed E-state index contributed by atoms with van der Waals surface area (Å²) in [5.41, 5.74) is 1.05. The first-order chi connectivity index (χ1) is 8.36. The van der Waals surface area contributed by atoms with Gasteiger partial charge in [-0.3, -0.25) is 0 Å². The zero-order chi connectivity index (χ0) is 12.1. The van der Waals surface area contributed by atoms with Gasteiger partial charge < -0.3 is 19.3 Å². The van der Waals surface area contributed by atoms with Gasteiger partial charge in [0.05, 0.1) is 20.3 Å². The zero-order valence-corrected chi connectivity index (χ0v) is 10.1. The Kier molecular flexibility index (Phi) is 4.09. The van der Waals surface area contributed by atoms with Gasteiger partial charge in [0.2, 0.25) is 5.75 Å². The molecule has 0 saturated heterocycles. The molecule has 0 aliphatic carbocycles. The van der Waals surface area contributed by atoms with Gasteiger partial charge in [-0.2, -0.15) is 0 Å². The summed E-state index contributed by atoms with van der Waals surface area (Å²) in [5, 5.41) is 8.88. The van der Waals surface area contributed by atoms with E-state index in [0.29, 0.717) is 19.0 Å². The Labute approximate surface area is 101 Å². The molecule has 4 heteroatoms. The number of aliphatic hydroxyl groups is 1. The summed E-state index contributed by atoms with van der Waals surface area (Å²) in [6.07, 6.45) is 2.37. The van der Waals surface area contributed by atoms with Crippen molar-refractivity contribution in [3.8, 4) is 17.2 Å². The van der Waals surface area contributed by atoms with Gasteiger partial charge in [-0.1, -0.05) is 6.07 Å². The van der Waals surface area contributed by atoms with Crippen molar-refractivity contribution in [3.05, 3.63) is 17.7 Å². The van der Waals surface area contributed by atoms with Gasteiger partial charge in [-0.05, 0) is 24.5 Å². The average Bonchev–Trinajstić information content (AvgIpc) is 2.60. The van der Waals surface area contributed by atoms with Crippen LogP contribution in [0.5, 0.6) is 17.2 Å². The predicted molar refractivity (Wildman–Crippen MR) is 64.0 cm³/mol. The molecule has 1 N–H and O–H groups in total. The standard InChI is InChI=1S/C13H18O4/c1-15-12-10(4-2-7-14)5-6-11-13(12)17-9-3-8-16-11/h5-6,14H,2-4,7-9H2,1H3. The van der Waals surface area contributed by atoms with Crippen LogP contribution in [0.4, 0.5) is 0 Å². The highest BCUT2D eigenvalue weighted by atomic mass is 16.5. The highest BCUT2D eigenvalue weighted by Gasteiger charge is 2.18. The van der Waals surface area contributed by atoms with Crippen molar-refractivity contribution >= 4 is 0 Å². The summed E-state index contributed by atoms with van der Waals surface area (Å²) in [7, 11) is 1.63. The highest BCUT2D eigenvalue weighted by molar-refractivity contribution is 5.56. The fourth-order valence-electron chi connectivity index (χ4n) is 1.94. The van der Waals surface area contributed by atoms with E-state index in [1.807, 2.05) is 12.1 Å². The molecule has 17 heavy (non-hydrogen) atoms. The van der Waals surface area contributed by atoms with E-state index in [2.05, 4.69) is 0 Å². The number of hydrogen-bond donors (Lipinski definition) is 1. The van der Waals surface area contributed by atoms with Crippen LogP contribution in [0, 0.1) is 0 Å². The van der Waals surface area contributed by atoms with Crippen molar-refractivity contribution in [2.24, 2.45) is 0 Å². The van der Waals surface area contributed by atoms with Gasteiger partial charge in [0.1, 0.15) is 0 Å². The van der Waals surface area contributed by atoms with E-state index in [1.54, 1.807) is 7.11 Å². The molecule has 0 atom stereocenters. The van der Waals surface area contributed by atoms with Crippen molar-refractivity contribution in [2.45, 2.75) is 19.3 Å². The Hall–Kier alpha value is -1.42. The van der Waals surface area contributed by atoms with Crippen LogP contribution in [0.2, 0.25) is 0 Å². The first-order valence-electron chi connectivity index (χ1n) is 5.93.